The van der Waals surface area contributed by atoms with Gasteiger partial charge in [0.25, 0.3) is 0 Å². The first-order valence-corrected chi connectivity index (χ1v) is 4.12. The molecule has 0 atom stereocenters. The van der Waals surface area contributed by atoms with E-state index in [-0.39, 0.29) is 5.82 Å². The molecule has 2 heteroatoms. The van der Waals surface area contributed by atoms with E-state index in [9.17, 15) is 4.39 Å². The highest BCUT2D eigenvalue weighted by molar-refractivity contribution is 6.01. The van der Waals surface area contributed by atoms with Gasteiger partial charge in [0.15, 0.2) is 0 Å². The van der Waals surface area contributed by atoms with Gasteiger partial charge in [0.1, 0.15) is 5.82 Å². The summed E-state index contributed by atoms with van der Waals surface area (Å²) in [6.45, 7) is 0. The fraction of sp³-hybridized carbons (Fsp3) is 0.300. The lowest BCUT2D eigenvalue weighted by Crippen LogP contribution is -2.01. The van der Waals surface area contributed by atoms with E-state index in [0.29, 0.717) is 11.6 Å². The molecule has 1 fully saturated rings. The van der Waals surface area contributed by atoms with Crippen LogP contribution >= 0.6 is 0 Å². The van der Waals surface area contributed by atoms with Crippen LogP contribution in [0.5, 0.6) is 0 Å². The zero-order valence-electron chi connectivity index (χ0n) is 6.68. The summed E-state index contributed by atoms with van der Waals surface area (Å²) >= 11 is 0. The summed E-state index contributed by atoms with van der Waals surface area (Å²) in [7, 11) is 0. The number of nitrogens with one attached hydrogen (secondary N) is 1. The summed E-state index contributed by atoms with van der Waals surface area (Å²) in [6, 6.07) is 6.29. The molecule has 0 aliphatic heterocycles. The fourth-order valence-corrected chi connectivity index (χ4v) is 1.26. The van der Waals surface area contributed by atoms with E-state index in [1.807, 2.05) is 0 Å². The SMILES string of the molecule is N=C(c1cccc(F)c1)C1CC1. The third-order valence-corrected chi connectivity index (χ3v) is 2.12. The van der Waals surface area contributed by atoms with Gasteiger partial charge in [0.05, 0.1) is 0 Å². The molecule has 1 aromatic carbocycles. The molecule has 1 aliphatic rings. The standard InChI is InChI=1S/C10H10FN/c11-9-3-1-2-8(6-9)10(12)7-4-5-7/h1-3,6-7,12H,4-5H2. The van der Waals surface area contributed by atoms with Crippen molar-refractivity contribution in [3.8, 4) is 0 Å². The van der Waals surface area contributed by atoms with Crippen molar-refractivity contribution in [2.45, 2.75) is 12.8 Å². The van der Waals surface area contributed by atoms with Crippen LogP contribution in [0.15, 0.2) is 24.3 Å². The second kappa shape index (κ2) is 2.70. The minimum absolute atomic E-state index is 0.252. The molecule has 0 aromatic heterocycles. The topological polar surface area (TPSA) is 23.9 Å². The summed E-state index contributed by atoms with van der Waals surface area (Å²) in [5.74, 6) is 0.143. The molecule has 0 unspecified atom stereocenters. The van der Waals surface area contributed by atoms with Gasteiger partial charge in [-0.05, 0) is 30.5 Å². The van der Waals surface area contributed by atoms with Gasteiger partial charge < -0.3 is 5.41 Å². The molecule has 0 spiro atoms. The maximum Gasteiger partial charge on any atom is 0.123 e. The molecule has 0 amide bonds. The maximum atomic E-state index is 12.7. The summed E-state index contributed by atoms with van der Waals surface area (Å²) in [6.07, 6.45) is 2.19. The van der Waals surface area contributed by atoms with Crippen molar-refractivity contribution >= 4 is 5.71 Å². The van der Waals surface area contributed by atoms with Crippen LogP contribution in [-0.2, 0) is 0 Å². The Morgan fingerprint density at radius 3 is 2.75 bits per heavy atom. The Bertz CT molecular complexity index is 315. The molecule has 12 heavy (non-hydrogen) atoms. The molecule has 0 heterocycles. The van der Waals surface area contributed by atoms with Gasteiger partial charge >= 0.3 is 0 Å². The third-order valence-electron chi connectivity index (χ3n) is 2.12. The summed E-state index contributed by atoms with van der Waals surface area (Å²) in [5.41, 5.74) is 1.33. The van der Waals surface area contributed by atoms with Gasteiger partial charge in [-0.3, -0.25) is 0 Å². The van der Waals surface area contributed by atoms with E-state index < -0.39 is 0 Å². The third kappa shape index (κ3) is 1.37. The largest absolute Gasteiger partial charge is 0.304 e. The van der Waals surface area contributed by atoms with E-state index >= 15 is 0 Å². The zero-order valence-corrected chi connectivity index (χ0v) is 6.68. The second-order valence-electron chi connectivity index (χ2n) is 3.20. The van der Waals surface area contributed by atoms with Crippen LogP contribution in [0.2, 0.25) is 0 Å². The highest BCUT2D eigenvalue weighted by atomic mass is 19.1. The van der Waals surface area contributed by atoms with Crippen LogP contribution in [0.1, 0.15) is 18.4 Å². The summed E-state index contributed by atoms with van der Waals surface area (Å²) in [4.78, 5) is 0. The molecule has 0 saturated heterocycles. The lowest BCUT2D eigenvalue weighted by Gasteiger charge is -2.00. The van der Waals surface area contributed by atoms with Gasteiger partial charge in [-0.25, -0.2) is 4.39 Å². The first kappa shape index (κ1) is 7.47. The van der Waals surface area contributed by atoms with Crippen molar-refractivity contribution in [1.82, 2.24) is 0 Å². The Hall–Kier alpha value is -1.18. The minimum Gasteiger partial charge on any atom is -0.304 e. The Morgan fingerprint density at radius 1 is 1.42 bits per heavy atom. The van der Waals surface area contributed by atoms with Gasteiger partial charge in [-0.15, -0.1) is 0 Å². The zero-order chi connectivity index (χ0) is 8.55. The average molecular weight is 163 g/mol. The van der Waals surface area contributed by atoms with Crippen LogP contribution in [0.4, 0.5) is 4.39 Å². The van der Waals surface area contributed by atoms with Crippen molar-refractivity contribution in [3.05, 3.63) is 35.6 Å². The monoisotopic (exact) mass is 163 g/mol. The molecule has 1 N–H and O–H groups in total. The van der Waals surface area contributed by atoms with Crippen molar-refractivity contribution in [3.63, 3.8) is 0 Å². The molecule has 1 aromatic rings. The molecule has 1 nitrogen and oxygen atoms in total. The predicted molar refractivity (Wildman–Crippen MR) is 46.0 cm³/mol. The highest BCUT2D eigenvalue weighted by Gasteiger charge is 2.27. The first-order valence-electron chi connectivity index (χ1n) is 4.12. The number of benzene rings is 1. The molecule has 1 aliphatic carbocycles. The minimum atomic E-state index is -0.252. The Morgan fingerprint density at radius 2 is 2.17 bits per heavy atom. The van der Waals surface area contributed by atoms with E-state index in [2.05, 4.69) is 0 Å². The van der Waals surface area contributed by atoms with Gasteiger partial charge in [0, 0.05) is 11.6 Å². The maximum absolute atomic E-state index is 12.7. The number of halogens is 1. The second-order valence-corrected chi connectivity index (χ2v) is 3.20. The van der Waals surface area contributed by atoms with Crippen LogP contribution in [0.3, 0.4) is 0 Å². The Kier molecular flexibility index (Phi) is 1.68. The fourth-order valence-electron chi connectivity index (χ4n) is 1.26. The number of rotatable bonds is 2. The average Bonchev–Trinajstić information content (AvgIpc) is 2.85. The lowest BCUT2D eigenvalue weighted by atomic mass is 10.1. The van der Waals surface area contributed by atoms with E-state index in [0.717, 1.165) is 18.4 Å². The van der Waals surface area contributed by atoms with Gasteiger partial charge in [0.2, 0.25) is 0 Å². The quantitative estimate of drug-likeness (QED) is 0.648. The van der Waals surface area contributed by atoms with Gasteiger partial charge in [-0.1, -0.05) is 12.1 Å². The molecule has 62 valence electrons. The number of hydrogen-bond donors (Lipinski definition) is 1. The van der Waals surface area contributed by atoms with Crippen LogP contribution in [-0.4, -0.2) is 5.71 Å². The van der Waals surface area contributed by atoms with Crippen LogP contribution in [0.25, 0.3) is 0 Å². The van der Waals surface area contributed by atoms with Crippen LogP contribution < -0.4 is 0 Å². The Balaban J connectivity index is 2.26. The Labute approximate surface area is 70.7 Å². The van der Waals surface area contributed by atoms with Crippen molar-refractivity contribution in [1.29, 1.82) is 5.41 Å². The van der Waals surface area contributed by atoms with Crippen LogP contribution in [0, 0.1) is 17.1 Å². The van der Waals surface area contributed by atoms with E-state index in [1.165, 1.54) is 12.1 Å². The van der Waals surface area contributed by atoms with E-state index in [1.54, 1.807) is 12.1 Å². The first-order chi connectivity index (χ1) is 5.77. The molecule has 2 rings (SSSR count). The molecule has 0 radical (unpaired) electrons. The smallest absolute Gasteiger partial charge is 0.123 e. The summed E-state index contributed by atoms with van der Waals surface area (Å²) in [5, 5.41) is 7.68. The number of hydrogen-bond acceptors (Lipinski definition) is 1. The molecule has 1 saturated carbocycles. The lowest BCUT2D eigenvalue weighted by molar-refractivity contribution is 0.627. The highest BCUT2D eigenvalue weighted by Crippen LogP contribution is 2.32. The molecule has 0 bridgehead atoms. The molecular formula is C10H10FN. The van der Waals surface area contributed by atoms with Gasteiger partial charge in [-0.2, -0.15) is 0 Å². The molecular weight excluding hydrogens is 153 g/mol. The normalized spacial score (nSPS) is 16.1. The van der Waals surface area contributed by atoms with Crippen molar-refractivity contribution < 1.29 is 4.39 Å². The summed E-state index contributed by atoms with van der Waals surface area (Å²) < 4.78 is 12.7. The van der Waals surface area contributed by atoms with E-state index in [4.69, 9.17) is 5.41 Å². The van der Waals surface area contributed by atoms with Crippen molar-refractivity contribution in [2.75, 3.05) is 0 Å². The predicted octanol–water partition coefficient (Wildman–Crippen LogP) is 2.60. The van der Waals surface area contributed by atoms with Crippen molar-refractivity contribution in [2.24, 2.45) is 5.92 Å².